The van der Waals surface area contributed by atoms with Crippen molar-refractivity contribution in [3.05, 3.63) is 42.1 Å². The second-order valence-electron chi connectivity index (χ2n) is 5.38. The highest BCUT2D eigenvalue weighted by atomic mass is 32.2. The fourth-order valence-electron chi connectivity index (χ4n) is 2.93. The van der Waals surface area contributed by atoms with Crippen LogP contribution in [0.1, 0.15) is 12.5 Å². The van der Waals surface area contributed by atoms with Gasteiger partial charge in [0.1, 0.15) is 0 Å². The Morgan fingerprint density at radius 3 is 2.90 bits per heavy atom. The average Bonchev–Trinajstić information content (AvgIpc) is 2.53. The van der Waals surface area contributed by atoms with E-state index in [2.05, 4.69) is 53.4 Å². The smallest absolute Gasteiger partial charge is 0.0704 e. The molecule has 1 aromatic carbocycles. The first-order valence-electron chi connectivity index (χ1n) is 7.31. The number of hydrazine groups is 1. The van der Waals surface area contributed by atoms with Gasteiger partial charge >= 0.3 is 0 Å². The van der Waals surface area contributed by atoms with Gasteiger partial charge in [-0.1, -0.05) is 25.1 Å². The Labute approximate surface area is 134 Å². The number of para-hydroxylation sites is 1. The lowest BCUT2D eigenvalue weighted by Crippen LogP contribution is -2.48. The van der Waals surface area contributed by atoms with E-state index in [0.717, 1.165) is 11.9 Å². The summed E-state index contributed by atoms with van der Waals surface area (Å²) >= 11 is 4.10. The molecule has 1 aromatic heterocycles. The highest BCUT2D eigenvalue weighted by Crippen LogP contribution is 2.34. The van der Waals surface area contributed by atoms with Crippen molar-refractivity contribution in [2.24, 2.45) is 5.84 Å². The van der Waals surface area contributed by atoms with Gasteiger partial charge < -0.3 is 0 Å². The first kappa shape index (κ1) is 15.2. The van der Waals surface area contributed by atoms with E-state index in [1.165, 1.54) is 22.5 Å². The van der Waals surface area contributed by atoms with E-state index in [4.69, 9.17) is 5.84 Å². The molecule has 2 aromatic rings. The van der Waals surface area contributed by atoms with Gasteiger partial charge in [-0.3, -0.25) is 16.3 Å². The SMILES string of the molecule is CC1SCCSC1C(Cc1ccnc2ccccc12)NN. The van der Waals surface area contributed by atoms with Crippen LogP contribution in [0.4, 0.5) is 0 Å². The quantitative estimate of drug-likeness (QED) is 0.670. The van der Waals surface area contributed by atoms with Crippen LogP contribution >= 0.6 is 23.5 Å². The number of nitrogens with two attached hydrogens (primary N) is 1. The van der Waals surface area contributed by atoms with E-state index in [1.54, 1.807) is 0 Å². The topological polar surface area (TPSA) is 50.9 Å². The molecule has 0 amide bonds. The first-order chi connectivity index (χ1) is 10.3. The van der Waals surface area contributed by atoms with Crippen molar-refractivity contribution in [1.29, 1.82) is 0 Å². The van der Waals surface area contributed by atoms with Crippen LogP contribution in [-0.2, 0) is 6.42 Å². The van der Waals surface area contributed by atoms with Crippen molar-refractivity contribution in [1.82, 2.24) is 10.4 Å². The van der Waals surface area contributed by atoms with Gasteiger partial charge in [0.2, 0.25) is 0 Å². The molecule has 1 aliphatic rings. The number of thioether (sulfide) groups is 2. The van der Waals surface area contributed by atoms with Crippen LogP contribution in [0, 0.1) is 0 Å². The fourth-order valence-corrected chi connectivity index (χ4v) is 5.87. The molecule has 1 aliphatic heterocycles. The highest BCUT2D eigenvalue weighted by Gasteiger charge is 2.30. The number of aromatic nitrogens is 1. The maximum atomic E-state index is 5.87. The van der Waals surface area contributed by atoms with Crippen molar-refractivity contribution in [3.8, 4) is 0 Å². The summed E-state index contributed by atoms with van der Waals surface area (Å²) in [4.78, 5) is 4.44. The molecule has 3 rings (SSSR count). The van der Waals surface area contributed by atoms with Crippen molar-refractivity contribution in [2.75, 3.05) is 11.5 Å². The van der Waals surface area contributed by atoms with E-state index >= 15 is 0 Å². The van der Waals surface area contributed by atoms with Crippen LogP contribution < -0.4 is 11.3 Å². The molecule has 0 bridgehead atoms. The monoisotopic (exact) mass is 319 g/mol. The van der Waals surface area contributed by atoms with Gasteiger partial charge in [0, 0.05) is 39.6 Å². The van der Waals surface area contributed by atoms with Gasteiger partial charge in [-0.15, -0.1) is 0 Å². The van der Waals surface area contributed by atoms with Crippen molar-refractivity contribution < 1.29 is 0 Å². The Morgan fingerprint density at radius 1 is 1.29 bits per heavy atom. The summed E-state index contributed by atoms with van der Waals surface area (Å²) in [5.74, 6) is 8.33. The van der Waals surface area contributed by atoms with Crippen LogP contribution in [0.15, 0.2) is 36.5 Å². The van der Waals surface area contributed by atoms with E-state index in [0.29, 0.717) is 16.5 Å². The number of nitrogens with one attached hydrogen (secondary N) is 1. The molecule has 21 heavy (non-hydrogen) atoms. The van der Waals surface area contributed by atoms with Crippen molar-refractivity contribution >= 4 is 34.4 Å². The summed E-state index contributed by atoms with van der Waals surface area (Å²) in [5.41, 5.74) is 5.45. The van der Waals surface area contributed by atoms with E-state index in [1.807, 2.05) is 24.0 Å². The summed E-state index contributed by atoms with van der Waals surface area (Å²) in [6.45, 7) is 2.32. The summed E-state index contributed by atoms with van der Waals surface area (Å²) in [6.07, 6.45) is 2.85. The molecule has 3 N–H and O–H groups in total. The molecule has 3 atom stereocenters. The lowest BCUT2D eigenvalue weighted by molar-refractivity contribution is 0.502. The largest absolute Gasteiger partial charge is 0.271 e. The summed E-state index contributed by atoms with van der Waals surface area (Å²) in [7, 11) is 0. The Morgan fingerprint density at radius 2 is 2.10 bits per heavy atom. The van der Waals surface area contributed by atoms with Crippen LogP contribution in [0.5, 0.6) is 0 Å². The highest BCUT2D eigenvalue weighted by molar-refractivity contribution is 8.07. The maximum absolute atomic E-state index is 5.87. The zero-order valence-electron chi connectivity index (χ0n) is 12.2. The molecule has 1 saturated heterocycles. The minimum atomic E-state index is 0.295. The van der Waals surface area contributed by atoms with E-state index in [-0.39, 0.29) is 0 Å². The Kier molecular flexibility index (Phi) is 5.06. The molecular formula is C16H21N3S2. The Bertz CT molecular complexity index is 600. The molecule has 1 fully saturated rings. The van der Waals surface area contributed by atoms with Gasteiger partial charge in [-0.05, 0) is 24.1 Å². The molecule has 112 valence electrons. The fraction of sp³-hybridized carbons (Fsp3) is 0.438. The molecule has 5 heteroatoms. The number of pyridine rings is 1. The summed E-state index contributed by atoms with van der Waals surface area (Å²) in [5, 5.41) is 2.43. The minimum absolute atomic E-state index is 0.295. The van der Waals surface area contributed by atoms with E-state index in [9.17, 15) is 0 Å². The molecule has 0 saturated carbocycles. The zero-order chi connectivity index (χ0) is 14.7. The molecule has 0 radical (unpaired) electrons. The molecule has 3 nitrogen and oxygen atoms in total. The van der Waals surface area contributed by atoms with Crippen LogP contribution in [0.2, 0.25) is 0 Å². The predicted octanol–water partition coefficient (Wildman–Crippen LogP) is 2.85. The Balaban J connectivity index is 1.85. The first-order valence-corrected chi connectivity index (χ1v) is 9.41. The number of benzene rings is 1. The maximum Gasteiger partial charge on any atom is 0.0704 e. The molecule has 3 unspecified atom stereocenters. The molecule has 0 spiro atoms. The molecular weight excluding hydrogens is 298 g/mol. The second-order valence-corrected chi connectivity index (χ2v) is 8.15. The van der Waals surface area contributed by atoms with Crippen molar-refractivity contribution in [3.63, 3.8) is 0 Å². The van der Waals surface area contributed by atoms with Crippen LogP contribution in [0.3, 0.4) is 0 Å². The Hall–Kier alpha value is -0.750. The van der Waals surface area contributed by atoms with Gasteiger partial charge in [-0.2, -0.15) is 23.5 Å². The average molecular weight is 319 g/mol. The van der Waals surface area contributed by atoms with E-state index < -0.39 is 0 Å². The van der Waals surface area contributed by atoms with Crippen LogP contribution in [0.25, 0.3) is 10.9 Å². The summed E-state index contributed by atoms with van der Waals surface area (Å²) < 4.78 is 0. The third kappa shape index (κ3) is 3.37. The standard InChI is InChI=1S/C16H21N3S2/c1-11-16(21-9-8-20-11)15(19-17)10-12-6-7-18-14-5-3-2-4-13(12)14/h2-7,11,15-16,19H,8-10,17H2,1H3. The van der Waals surface area contributed by atoms with Crippen molar-refractivity contribution in [2.45, 2.75) is 29.9 Å². The predicted molar refractivity (Wildman–Crippen MR) is 94.7 cm³/mol. The minimum Gasteiger partial charge on any atom is -0.271 e. The normalized spacial score (nSPS) is 24.1. The lowest BCUT2D eigenvalue weighted by Gasteiger charge is -2.34. The zero-order valence-corrected chi connectivity index (χ0v) is 13.8. The molecule has 2 heterocycles. The third-order valence-corrected chi connectivity index (χ3v) is 7.28. The third-order valence-electron chi connectivity index (χ3n) is 4.03. The summed E-state index contributed by atoms with van der Waals surface area (Å²) in [6, 6.07) is 10.7. The molecule has 0 aliphatic carbocycles. The number of nitrogens with zero attached hydrogens (tertiary/aromatic N) is 1. The lowest BCUT2D eigenvalue weighted by atomic mass is 9.99. The number of rotatable bonds is 4. The van der Waals surface area contributed by atoms with Gasteiger partial charge in [-0.25, -0.2) is 0 Å². The second kappa shape index (κ2) is 7.01. The van der Waals surface area contributed by atoms with Gasteiger partial charge in [0.25, 0.3) is 0 Å². The number of hydrogen-bond acceptors (Lipinski definition) is 5. The van der Waals surface area contributed by atoms with Gasteiger partial charge in [0.05, 0.1) is 5.52 Å². The number of fused-ring (bicyclic) bond motifs is 1. The van der Waals surface area contributed by atoms with Crippen LogP contribution in [-0.4, -0.2) is 33.0 Å². The van der Waals surface area contributed by atoms with Gasteiger partial charge in [0.15, 0.2) is 0 Å². The number of hydrogen-bond donors (Lipinski definition) is 2.